The number of benzene rings is 1. The number of nitrogens with one attached hydrogen (secondary N) is 1. The first-order valence-corrected chi connectivity index (χ1v) is 7.79. The van der Waals surface area contributed by atoms with E-state index >= 15 is 0 Å². The Morgan fingerprint density at radius 3 is 2.68 bits per heavy atom. The number of ether oxygens (including phenoxy) is 2. The second-order valence-electron chi connectivity index (χ2n) is 5.40. The summed E-state index contributed by atoms with van der Waals surface area (Å²) in [5.41, 5.74) is 1.07. The number of methoxy groups -OCH3 is 1. The number of hydrogen-bond acceptors (Lipinski definition) is 4. The largest absolute Gasteiger partial charge is 0.492 e. The Balaban J connectivity index is 2.50. The predicted molar refractivity (Wildman–Crippen MR) is 89.9 cm³/mol. The summed E-state index contributed by atoms with van der Waals surface area (Å²) in [4.78, 5) is 11.7. The van der Waals surface area contributed by atoms with Gasteiger partial charge in [-0.3, -0.25) is 4.79 Å². The highest BCUT2D eigenvalue weighted by Crippen LogP contribution is 2.19. The molecule has 0 saturated heterocycles. The number of esters is 1. The predicted octanol–water partition coefficient (Wildman–Crippen LogP) is 3.28. The molecule has 4 nitrogen and oxygen atoms in total. The molecule has 1 atom stereocenters. The second kappa shape index (κ2) is 10.0. The molecule has 0 amide bonds. The Morgan fingerprint density at radius 2 is 2.05 bits per heavy atom. The second-order valence-corrected chi connectivity index (χ2v) is 5.40. The fourth-order valence-electron chi connectivity index (χ4n) is 2.09. The van der Waals surface area contributed by atoms with Gasteiger partial charge in [-0.15, -0.1) is 0 Å². The molecule has 1 aromatic carbocycles. The maximum absolute atomic E-state index is 11.7. The lowest BCUT2D eigenvalue weighted by Crippen LogP contribution is -2.43. The van der Waals surface area contributed by atoms with E-state index in [9.17, 15) is 4.79 Å². The highest BCUT2D eigenvalue weighted by Gasteiger charge is 2.21. The fraction of sp³-hybridized carbons (Fsp3) is 0.500. The lowest BCUT2D eigenvalue weighted by Gasteiger charge is -2.20. The van der Waals surface area contributed by atoms with Crippen molar-refractivity contribution in [1.29, 1.82) is 0 Å². The van der Waals surface area contributed by atoms with E-state index < -0.39 is 0 Å². The van der Waals surface area contributed by atoms with E-state index in [-0.39, 0.29) is 17.9 Å². The maximum atomic E-state index is 11.7. The fourth-order valence-corrected chi connectivity index (χ4v) is 2.09. The van der Waals surface area contributed by atoms with Crippen molar-refractivity contribution in [1.82, 2.24) is 5.32 Å². The summed E-state index contributed by atoms with van der Waals surface area (Å²) in [5.74, 6) is 0.793. The first kappa shape index (κ1) is 18.2. The van der Waals surface area contributed by atoms with Gasteiger partial charge in [0.2, 0.25) is 0 Å². The zero-order chi connectivity index (χ0) is 16.4. The third kappa shape index (κ3) is 5.90. The summed E-state index contributed by atoms with van der Waals surface area (Å²) in [6.45, 7) is 7.16. The molecule has 0 heterocycles. The highest BCUT2D eigenvalue weighted by molar-refractivity contribution is 5.75. The third-order valence-electron chi connectivity index (χ3n) is 3.30. The van der Waals surface area contributed by atoms with Crippen LogP contribution in [0.15, 0.2) is 30.3 Å². The summed E-state index contributed by atoms with van der Waals surface area (Å²) >= 11 is 0. The van der Waals surface area contributed by atoms with Gasteiger partial charge in [0.1, 0.15) is 18.4 Å². The van der Waals surface area contributed by atoms with Gasteiger partial charge in [-0.1, -0.05) is 51.1 Å². The zero-order valence-electron chi connectivity index (χ0n) is 14.0. The van der Waals surface area contributed by atoms with Crippen LogP contribution in [0.1, 0.15) is 32.8 Å². The molecule has 0 aromatic heterocycles. The van der Waals surface area contributed by atoms with Crippen LogP contribution in [-0.4, -0.2) is 32.3 Å². The standard InChI is InChI=1S/C18H27NO3/c1-5-6-9-15-10-7-8-11-16(15)22-13-12-19-17(14(2)3)18(20)21-4/h6-11,14,17,19H,5,12-13H2,1-4H3/b9-6+/t17-/m0/s1. The van der Waals surface area contributed by atoms with Crippen LogP contribution in [0.25, 0.3) is 6.08 Å². The molecule has 1 rings (SSSR count). The molecule has 22 heavy (non-hydrogen) atoms. The summed E-state index contributed by atoms with van der Waals surface area (Å²) in [6, 6.07) is 7.63. The van der Waals surface area contributed by atoms with E-state index in [1.807, 2.05) is 38.1 Å². The van der Waals surface area contributed by atoms with Crippen molar-refractivity contribution in [3.8, 4) is 5.75 Å². The smallest absolute Gasteiger partial charge is 0.323 e. The van der Waals surface area contributed by atoms with Crippen molar-refractivity contribution in [2.45, 2.75) is 33.2 Å². The Kier molecular flexibility index (Phi) is 8.30. The lowest BCUT2D eigenvalue weighted by atomic mass is 10.1. The molecule has 1 N–H and O–H groups in total. The van der Waals surface area contributed by atoms with Crippen molar-refractivity contribution < 1.29 is 14.3 Å². The molecule has 4 heteroatoms. The summed E-state index contributed by atoms with van der Waals surface area (Å²) in [7, 11) is 1.41. The molecule has 0 fully saturated rings. The minimum absolute atomic E-state index is 0.173. The molecule has 0 saturated carbocycles. The van der Waals surface area contributed by atoms with Gasteiger partial charge in [-0.25, -0.2) is 0 Å². The van der Waals surface area contributed by atoms with Crippen molar-refractivity contribution >= 4 is 12.0 Å². The number of para-hydroxylation sites is 1. The van der Waals surface area contributed by atoms with Gasteiger partial charge < -0.3 is 14.8 Å². The van der Waals surface area contributed by atoms with Gasteiger partial charge in [-0.05, 0) is 18.4 Å². The number of carbonyl (C=O) groups is 1. The minimum Gasteiger partial charge on any atom is -0.492 e. The van der Waals surface area contributed by atoms with E-state index in [1.165, 1.54) is 7.11 Å². The van der Waals surface area contributed by atoms with Crippen LogP contribution in [0.2, 0.25) is 0 Å². The van der Waals surface area contributed by atoms with E-state index in [4.69, 9.17) is 9.47 Å². The Morgan fingerprint density at radius 1 is 1.32 bits per heavy atom. The SMILES string of the molecule is CC/C=C/c1ccccc1OCCN[C@H](C(=O)OC)C(C)C. The molecule has 0 aliphatic carbocycles. The number of hydrogen-bond donors (Lipinski definition) is 1. The average Bonchev–Trinajstić information content (AvgIpc) is 2.52. The van der Waals surface area contributed by atoms with Crippen LogP contribution in [0, 0.1) is 5.92 Å². The summed E-state index contributed by atoms with van der Waals surface area (Å²) < 4.78 is 10.6. The van der Waals surface area contributed by atoms with E-state index in [0.717, 1.165) is 17.7 Å². The third-order valence-corrected chi connectivity index (χ3v) is 3.30. The molecular weight excluding hydrogens is 278 g/mol. The van der Waals surface area contributed by atoms with Crippen LogP contribution in [-0.2, 0) is 9.53 Å². The average molecular weight is 305 g/mol. The molecule has 0 bridgehead atoms. The van der Waals surface area contributed by atoms with Gasteiger partial charge in [0.05, 0.1) is 7.11 Å². The summed E-state index contributed by atoms with van der Waals surface area (Å²) in [6.07, 6.45) is 5.16. The Bertz CT molecular complexity index is 483. The molecule has 0 spiro atoms. The van der Waals surface area contributed by atoms with Gasteiger partial charge >= 0.3 is 5.97 Å². The van der Waals surface area contributed by atoms with Gasteiger partial charge in [0, 0.05) is 12.1 Å². The van der Waals surface area contributed by atoms with Crippen LogP contribution < -0.4 is 10.1 Å². The van der Waals surface area contributed by atoms with E-state index in [1.54, 1.807) is 0 Å². The normalized spacial score (nSPS) is 12.6. The van der Waals surface area contributed by atoms with Crippen LogP contribution in [0.4, 0.5) is 0 Å². The van der Waals surface area contributed by atoms with Crippen LogP contribution in [0.5, 0.6) is 5.75 Å². The van der Waals surface area contributed by atoms with Crippen molar-refractivity contribution in [2.24, 2.45) is 5.92 Å². The number of rotatable bonds is 9. The Labute approximate surface area is 133 Å². The first-order valence-electron chi connectivity index (χ1n) is 7.79. The monoisotopic (exact) mass is 305 g/mol. The Hall–Kier alpha value is -1.81. The van der Waals surface area contributed by atoms with Gasteiger partial charge in [0.15, 0.2) is 0 Å². The topological polar surface area (TPSA) is 47.6 Å². The van der Waals surface area contributed by atoms with Crippen LogP contribution >= 0.6 is 0 Å². The highest BCUT2D eigenvalue weighted by atomic mass is 16.5. The van der Waals surface area contributed by atoms with E-state index in [0.29, 0.717) is 13.2 Å². The first-order chi connectivity index (χ1) is 10.6. The van der Waals surface area contributed by atoms with Crippen LogP contribution in [0.3, 0.4) is 0 Å². The number of carbonyl (C=O) groups excluding carboxylic acids is 1. The summed E-state index contributed by atoms with van der Waals surface area (Å²) in [5, 5.41) is 3.19. The number of allylic oxidation sites excluding steroid dienone is 1. The maximum Gasteiger partial charge on any atom is 0.323 e. The molecule has 0 aliphatic heterocycles. The molecule has 0 radical (unpaired) electrons. The molecule has 0 aliphatic rings. The molecular formula is C18H27NO3. The molecule has 122 valence electrons. The molecule has 0 unspecified atom stereocenters. The lowest BCUT2D eigenvalue weighted by molar-refractivity contribution is -0.144. The van der Waals surface area contributed by atoms with E-state index in [2.05, 4.69) is 24.4 Å². The zero-order valence-corrected chi connectivity index (χ0v) is 14.0. The quantitative estimate of drug-likeness (QED) is 0.562. The van der Waals surface area contributed by atoms with Crippen molar-refractivity contribution in [3.05, 3.63) is 35.9 Å². The molecule has 1 aromatic rings. The van der Waals surface area contributed by atoms with Gasteiger partial charge in [0.25, 0.3) is 0 Å². The van der Waals surface area contributed by atoms with Crippen molar-refractivity contribution in [3.63, 3.8) is 0 Å². The van der Waals surface area contributed by atoms with Crippen molar-refractivity contribution in [2.75, 3.05) is 20.3 Å². The van der Waals surface area contributed by atoms with Gasteiger partial charge in [-0.2, -0.15) is 0 Å². The minimum atomic E-state index is -0.302.